The van der Waals surface area contributed by atoms with Gasteiger partial charge in [0.2, 0.25) is 0 Å². The third-order valence-electron chi connectivity index (χ3n) is 8.23. The van der Waals surface area contributed by atoms with Gasteiger partial charge in [-0.25, -0.2) is 0 Å². The van der Waals surface area contributed by atoms with E-state index >= 15 is 0 Å². The summed E-state index contributed by atoms with van der Waals surface area (Å²) in [6, 6.07) is 56.8. The first-order valence-electron chi connectivity index (χ1n) is 17.2. The largest absolute Gasteiger partial charge is 0.460 e. The summed E-state index contributed by atoms with van der Waals surface area (Å²) in [4.78, 5) is 24.7. The normalized spacial score (nSPS) is 11.7. The lowest BCUT2D eigenvalue weighted by Gasteiger charge is -2.18. The highest BCUT2D eigenvalue weighted by Gasteiger charge is 2.20. The monoisotopic (exact) mass is 676 g/mol. The SMILES string of the molecule is NC(Cc1ccccc1)C(=O)OCc1ccccc1.O=C(OCc1ccccc1)C(Cc1ccccc1)NCc1ccc(-c2ccccc2)cc1. The number of carbonyl (C=O) groups is 2. The van der Waals surface area contributed by atoms with E-state index in [-0.39, 0.29) is 25.2 Å². The van der Waals surface area contributed by atoms with Crippen molar-refractivity contribution in [2.24, 2.45) is 5.73 Å². The van der Waals surface area contributed by atoms with Crippen molar-refractivity contribution in [3.05, 3.63) is 204 Å². The molecule has 3 N–H and O–H groups in total. The molecule has 2 unspecified atom stereocenters. The van der Waals surface area contributed by atoms with E-state index in [2.05, 4.69) is 41.7 Å². The molecule has 6 rings (SSSR count). The zero-order chi connectivity index (χ0) is 35.5. The van der Waals surface area contributed by atoms with Gasteiger partial charge >= 0.3 is 11.9 Å². The van der Waals surface area contributed by atoms with Gasteiger partial charge < -0.3 is 20.5 Å². The molecular formula is C45H44N2O4. The maximum atomic E-state index is 12.9. The van der Waals surface area contributed by atoms with Gasteiger partial charge in [0.15, 0.2) is 0 Å². The van der Waals surface area contributed by atoms with Gasteiger partial charge in [-0.15, -0.1) is 0 Å². The minimum absolute atomic E-state index is 0.237. The van der Waals surface area contributed by atoms with Crippen molar-refractivity contribution in [3.8, 4) is 11.1 Å². The van der Waals surface area contributed by atoms with Crippen molar-refractivity contribution in [1.29, 1.82) is 0 Å². The average molecular weight is 677 g/mol. The fourth-order valence-corrected chi connectivity index (χ4v) is 5.39. The Morgan fingerprint density at radius 2 is 0.843 bits per heavy atom. The van der Waals surface area contributed by atoms with Gasteiger partial charge in [-0.1, -0.05) is 176 Å². The van der Waals surface area contributed by atoms with E-state index < -0.39 is 12.1 Å². The van der Waals surface area contributed by atoms with Crippen LogP contribution in [0.25, 0.3) is 11.1 Å². The molecule has 2 atom stereocenters. The summed E-state index contributed by atoms with van der Waals surface area (Å²) < 4.78 is 10.8. The van der Waals surface area contributed by atoms with Crippen molar-refractivity contribution in [2.75, 3.05) is 0 Å². The summed E-state index contributed by atoms with van der Waals surface area (Å²) in [7, 11) is 0. The number of rotatable bonds is 14. The van der Waals surface area contributed by atoms with E-state index in [1.807, 2.05) is 140 Å². The molecule has 6 heteroatoms. The van der Waals surface area contributed by atoms with Crippen LogP contribution in [-0.2, 0) is 51.7 Å². The van der Waals surface area contributed by atoms with Crippen LogP contribution in [0, 0.1) is 0 Å². The van der Waals surface area contributed by atoms with Crippen LogP contribution in [0.2, 0.25) is 0 Å². The van der Waals surface area contributed by atoms with Crippen LogP contribution in [0.3, 0.4) is 0 Å². The topological polar surface area (TPSA) is 90.7 Å². The van der Waals surface area contributed by atoms with Gasteiger partial charge in [-0.05, 0) is 51.8 Å². The summed E-state index contributed by atoms with van der Waals surface area (Å²) in [6.07, 6.45) is 1.07. The van der Waals surface area contributed by atoms with E-state index in [9.17, 15) is 9.59 Å². The Kier molecular flexibility index (Phi) is 14.3. The number of hydrogen-bond donors (Lipinski definition) is 2. The van der Waals surface area contributed by atoms with Crippen molar-refractivity contribution in [2.45, 2.75) is 44.7 Å². The van der Waals surface area contributed by atoms with Crippen LogP contribution in [0.5, 0.6) is 0 Å². The standard InChI is InChI=1S/C29H27NO2.C16H17NO2/c31-29(32-22-25-12-6-2-7-13-25)28(20-23-10-4-1-5-11-23)30-21-24-16-18-27(19-17-24)26-14-8-3-9-15-26;17-15(11-13-7-3-1-4-8-13)16(18)19-12-14-9-5-2-6-10-14/h1-19,28,30H,20-22H2;1-10,15H,11-12,17H2. The molecule has 0 aromatic heterocycles. The van der Waals surface area contributed by atoms with Crippen molar-refractivity contribution >= 4 is 11.9 Å². The molecule has 0 heterocycles. The molecule has 0 saturated carbocycles. The first kappa shape index (κ1) is 36.5. The Bertz CT molecular complexity index is 1870. The molecule has 51 heavy (non-hydrogen) atoms. The number of hydrogen-bond acceptors (Lipinski definition) is 6. The van der Waals surface area contributed by atoms with Crippen molar-refractivity contribution < 1.29 is 19.1 Å². The van der Waals surface area contributed by atoms with E-state index in [1.54, 1.807) is 0 Å². The third kappa shape index (κ3) is 12.5. The highest BCUT2D eigenvalue weighted by molar-refractivity contribution is 5.76. The van der Waals surface area contributed by atoms with Gasteiger partial charge in [0.1, 0.15) is 25.3 Å². The quantitative estimate of drug-likeness (QED) is 0.113. The van der Waals surface area contributed by atoms with Gasteiger partial charge in [0.05, 0.1) is 0 Å². The maximum absolute atomic E-state index is 12.9. The first-order valence-corrected chi connectivity index (χ1v) is 17.2. The molecule has 0 saturated heterocycles. The summed E-state index contributed by atoms with van der Waals surface area (Å²) in [5.41, 5.74) is 13.4. The second-order valence-electron chi connectivity index (χ2n) is 12.2. The lowest BCUT2D eigenvalue weighted by atomic mass is 10.0. The molecule has 6 aromatic carbocycles. The fourth-order valence-electron chi connectivity index (χ4n) is 5.39. The Morgan fingerprint density at radius 1 is 0.451 bits per heavy atom. The number of esters is 2. The van der Waals surface area contributed by atoms with Crippen LogP contribution in [0.1, 0.15) is 27.8 Å². The van der Waals surface area contributed by atoms with Crippen LogP contribution in [-0.4, -0.2) is 24.0 Å². The fraction of sp³-hybridized carbons (Fsp3) is 0.156. The number of carbonyl (C=O) groups excluding carboxylic acids is 2. The van der Waals surface area contributed by atoms with Gasteiger partial charge in [-0.3, -0.25) is 9.59 Å². The van der Waals surface area contributed by atoms with Crippen LogP contribution in [0.4, 0.5) is 0 Å². The molecule has 6 aromatic rings. The van der Waals surface area contributed by atoms with E-state index in [0.29, 0.717) is 19.4 Å². The zero-order valence-electron chi connectivity index (χ0n) is 28.6. The highest BCUT2D eigenvalue weighted by Crippen LogP contribution is 2.19. The van der Waals surface area contributed by atoms with Crippen LogP contribution in [0.15, 0.2) is 176 Å². The summed E-state index contributed by atoms with van der Waals surface area (Å²) in [6.45, 7) is 1.13. The van der Waals surface area contributed by atoms with E-state index in [0.717, 1.165) is 27.8 Å². The molecule has 0 aliphatic carbocycles. The molecule has 258 valence electrons. The highest BCUT2D eigenvalue weighted by atomic mass is 16.5. The molecule has 0 spiro atoms. The summed E-state index contributed by atoms with van der Waals surface area (Å²) in [5.74, 6) is -0.605. The van der Waals surface area contributed by atoms with Gasteiger partial charge in [0.25, 0.3) is 0 Å². The van der Waals surface area contributed by atoms with Gasteiger partial charge in [-0.2, -0.15) is 0 Å². The van der Waals surface area contributed by atoms with E-state index in [1.165, 1.54) is 11.1 Å². The number of ether oxygens (including phenoxy) is 2. The van der Waals surface area contributed by atoms with Crippen molar-refractivity contribution in [1.82, 2.24) is 5.32 Å². The minimum Gasteiger partial charge on any atom is -0.460 e. The number of nitrogens with one attached hydrogen (secondary N) is 1. The second kappa shape index (κ2) is 20.0. The molecular weight excluding hydrogens is 633 g/mol. The molecule has 0 aliphatic heterocycles. The lowest BCUT2D eigenvalue weighted by Crippen LogP contribution is -2.39. The smallest absolute Gasteiger partial charge is 0.323 e. The predicted molar refractivity (Wildman–Crippen MR) is 203 cm³/mol. The summed E-state index contributed by atoms with van der Waals surface area (Å²) >= 11 is 0. The molecule has 0 amide bonds. The van der Waals surface area contributed by atoms with Crippen molar-refractivity contribution in [3.63, 3.8) is 0 Å². The Hall–Kier alpha value is -5.82. The van der Waals surface area contributed by atoms with Crippen LogP contribution >= 0.6 is 0 Å². The maximum Gasteiger partial charge on any atom is 0.323 e. The minimum atomic E-state index is -0.619. The average Bonchev–Trinajstić information content (AvgIpc) is 3.20. The third-order valence-corrected chi connectivity index (χ3v) is 8.23. The lowest BCUT2D eigenvalue weighted by molar-refractivity contribution is -0.148. The molecule has 6 nitrogen and oxygen atoms in total. The molecule has 0 bridgehead atoms. The van der Waals surface area contributed by atoms with Crippen LogP contribution < -0.4 is 11.1 Å². The molecule has 0 aliphatic rings. The first-order chi connectivity index (χ1) is 25.0. The molecule has 0 radical (unpaired) electrons. The van der Waals surface area contributed by atoms with E-state index in [4.69, 9.17) is 15.2 Å². The zero-order valence-corrected chi connectivity index (χ0v) is 28.6. The number of nitrogens with two attached hydrogens (primary N) is 1. The Balaban J connectivity index is 0.000000226. The second-order valence-corrected chi connectivity index (χ2v) is 12.2. The van der Waals surface area contributed by atoms with Gasteiger partial charge in [0, 0.05) is 6.54 Å². The Labute approximate surface area is 300 Å². The summed E-state index contributed by atoms with van der Waals surface area (Å²) in [5, 5.41) is 3.41. The Morgan fingerprint density at radius 3 is 1.33 bits per heavy atom. The predicted octanol–water partition coefficient (Wildman–Crippen LogP) is 8.10. The molecule has 0 fully saturated rings. The number of benzene rings is 6.